The molecule has 0 amide bonds. The maximum absolute atomic E-state index is 13.4. The third kappa shape index (κ3) is 2.27. The van der Waals surface area contributed by atoms with Gasteiger partial charge in [0.1, 0.15) is 23.5 Å². The van der Waals surface area contributed by atoms with E-state index in [1.165, 1.54) is 24.3 Å². The van der Waals surface area contributed by atoms with Gasteiger partial charge in [-0.15, -0.1) is 0 Å². The zero-order valence-electron chi connectivity index (χ0n) is 11.1. The van der Waals surface area contributed by atoms with Crippen molar-refractivity contribution < 1.29 is 13.5 Å². The van der Waals surface area contributed by atoms with E-state index in [1.54, 1.807) is 12.1 Å². The monoisotopic (exact) mass is 275 g/mol. The van der Waals surface area contributed by atoms with E-state index >= 15 is 0 Å². The molecule has 0 spiro atoms. The predicted molar refractivity (Wildman–Crippen MR) is 72.5 cm³/mol. The van der Waals surface area contributed by atoms with E-state index in [0.29, 0.717) is 17.7 Å². The fraction of sp³-hybridized carbons (Fsp3) is 0.250. The summed E-state index contributed by atoms with van der Waals surface area (Å²) in [6, 6.07) is 8.61. The van der Waals surface area contributed by atoms with Crippen molar-refractivity contribution in [2.24, 2.45) is 5.73 Å². The maximum Gasteiger partial charge on any atom is 0.126 e. The normalized spacial score (nSPS) is 21.2. The molecule has 0 aliphatic carbocycles. The fourth-order valence-electron chi connectivity index (χ4n) is 2.62. The summed E-state index contributed by atoms with van der Waals surface area (Å²) in [5, 5.41) is 0. The van der Waals surface area contributed by atoms with Crippen molar-refractivity contribution in [2.45, 2.75) is 25.5 Å². The highest BCUT2D eigenvalue weighted by Crippen LogP contribution is 2.40. The van der Waals surface area contributed by atoms with Crippen molar-refractivity contribution >= 4 is 0 Å². The van der Waals surface area contributed by atoms with Crippen LogP contribution in [-0.2, 0) is 0 Å². The number of ether oxygens (including phenoxy) is 1. The molecule has 2 N–H and O–H groups in total. The molecular formula is C16H15F2NO. The average Bonchev–Trinajstić information content (AvgIpc) is 2.42. The van der Waals surface area contributed by atoms with Crippen molar-refractivity contribution in [3.63, 3.8) is 0 Å². The van der Waals surface area contributed by atoms with Crippen LogP contribution in [0.3, 0.4) is 0 Å². The van der Waals surface area contributed by atoms with Gasteiger partial charge in [0.2, 0.25) is 0 Å². The number of benzene rings is 2. The van der Waals surface area contributed by atoms with Crippen LogP contribution in [0.15, 0.2) is 36.4 Å². The van der Waals surface area contributed by atoms with E-state index in [-0.39, 0.29) is 23.8 Å². The molecule has 0 radical (unpaired) electrons. The van der Waals surface area contributed by atoms with Gasteiger partial charge in [0.15, 0.2) is 0 Å². The molecule has 2 aromatic carbocycles. The molecule has 1 aliphatic rings. The van der Waals surface area contributed by atoms with Crippen LogP contribution in [0.25, 0.3) is 0 Å². The van der Waals surface area contributed by atoms with Crippen molar-refractivity contribution in [2.75, 3.05) is 0 Å². The lowest BCUT2D eigenvalue weighted by atomic mass is 9.91. The van der Waals surface area contributed by atoms with E-state index < -0.39 is 0 Å². The Bertz CT molecular complexity index is 657. The molecule has 3 rings (SSSR count). The average molecular weight is 275 g/mol. The van der Waals surface area contributed by atoms with Gasteiger partial charge < -0.3 is 10.5 Å². The van der Waals surface area contributed by atoms with Gasteiger partial charge in [-0.25, -0.2) is 8.78 Å². The Morgan fingerprint density at radius 2 is 1.70 bits per heavy atom. The summed E-state index contributed by atoms with van der Waals surface area (Å²) in [5.41, 5.74) is 8.49. The van der Waals surface area contributed by atoms with Gasteiger partial charge in [-0.3, -0.25) is 0 Å². The van der Waals surface area contributed by atoms with Crippen LogP contribution in [-0.4, -0.2) is 0 Å². The lowest BCUT2D eigenvalue weighted by Crippen LogP contribution is -2.24. The van der Waals surface area contributed by atoms with E-state index in [4.69, 9.17) is 10.5 Å². The Morgan fingerprint density at radius 1 is 1.05 bits per heavy atom. The predicted octanol–water partition coefficient (Wildman–Crippen LogP) is 3.80. The Labute approximate surface area is 116 Å². The van der Waals surface area contributed by atoms with Gasteiger partial charge >= 0.3 is 0 Å². The number of fused-ring (bicyclic) bond motifs is 1. The summed E-state index contributed by atoms with van der Waals surface area (Å²) in [7, 11) is 0. The third-order valence-corrected chi connectivity index (χ3v) is 3.70. The Balaban J connectivity index is 1.99. The molecule has 1 aliphatic heterocycles. The van der Waals surface area contributed by atoms with Crippen molar-refractivity contribution in [1.82, 2.24) is 0 Å². The summed E-state index contributed by atoms with van der Waals surface area (Å²) >= 11 is 0. The number of aryl methyl sites for hydroxylation is 1. The Hall–Kier alpha value is -1.94. The quantitative estimate of drug-likeness (QED) is 0.859. The molecule has 2 nitrogen and oxygen atoms in total. The van der Waals surface area contributed by atoms with Crippen molar-refractivity contribution in [3.8, 4) is 5.75 Å². The van der Waals surface area contributed by atoms with Gasteiger partial charge in [-0.2, -0.15) is 0 Å². The number of rotatable bonds is 1. The van der Waals surface area contributed by atoms with Gasteiger partial charge in [-0.1, -0.05) is 6.07 Å². The second kappa shape index (κ2) is 4.87. The minimum Gasteiger partial charge on any atom is -0.485 e. The van der Waals surface area contributed by atoms with Crippen molar-refractivity contribution in [3.05, 3.63) is 64.7 Å². The third-order valence-electron chi connectivity index (χ3n) is 3.70. The molecular weight excluding hydrogens is 260 g/mol. The van der Waals surface area contributed by atoms with E-state index in [1.807, 2.05) is 6.92 Å². The molecule has 0 saturated carbocycles. The van der Waals surface area contributed by atoms with Crippen LogP contribution in [0.5, 0.6) is 5.75 Å². The van der Waals surface area contributed by atoms with Gasteiger partial charge in [-0.05, 0) is 48.4 Å². The fourth-order valence-corrected chi connectivity index (χ4v) is 2.62. The first kappa shape index (κ1) is 13.1. The first-order chi connectivity index (χ1) is 9.54. The molecule has 0 aromatic heterocycles. The number of hydrogen-bond acceptors (Lipinski definition) is 2. The summed E-state index contributed by atoms with van der Waals surface area (Å²) < 4.78 is 32.5. The van der Waals surface area contributed by atoms with Gasteiger partial charge in [0.05, 0.1) is 0 Å². The molecule has 1 unspecified atom stereocenters. The first-order valence-electron chi connectivity index (χ1n) is 6.52. The summed E-state index contributed by atoms with van der Waals surface area (Å²) in [4.78, 5) is 0. The highest BCUT2D eigenvalue weighted by molar-refractivity contribution is 5.40. The summed E-state index contributed by atoms with van der Waals surface area (Å²) in [6.45, 7) is 1.91. The molecule has 2 aromatic rings. The molecule has 1 heterocycles. The second-order valence-electron chi connectivity index (χ2n) is 5.13. The largest absolute Gasteiger partial charge is 0.485 e. The number of nitrogens with two attached hydrogens (primary N) is 1. The van der Waals surface area contributed by atoms with Crippen LogP contribution in [0.2, 0.25) is 0 Å². The zero-order chi connectivity index (χ0) is 14.3. The van der Waals surface area contributed by atoms with Gasteiger partial charge in [0, 0.05) is 18.0 Å². The van der Waals surface area contributed by atoms with E-state index in [9.17, 15) is 8.78 Å². The standard InChI is InChI=1S/C16H15F2NO/c1-9-2-3-10(17)6-12(9)16-8-14(19)13-7-11(18)4-5-15(13)20-16/h2-7,14,16H,8,19H2,1H3/t14-,16?/m1/s1. The minimum absolute atomic E-state index is 0.298. The molecule has 104 valence electrons. The number of hydrogen-bond donors (Lipinski definition) is 1. The first-order valence-corrected chi connectivity index (χ1v) is 6.52. The topological polar surface area (TPSA) is 35.2 Å². The summed E-state index contributed by atoms with van der Waals surface area (Å²) in [5.74, 6) is -0.0605. The molecule has 0 bridgehead atoms. The minimum atomic E-state index is -0.330. The molecule has 0 saturated heterocycles. The highest BCUT2D eigenvalue weighted by atomic mass is 19.1. The zero-order valence-corrected chi connectivity index (χ0v) is 11.1. The lowest BCUT2D eigenvalue weighted by molar-refractivity contribution is 0.160. The summed E-state index contributed by atoms with van der Waals surface area (Å²) in [6.07, 6.45) is 0.194. The Morgan fingerprint density at radius 3 is 2.45 bits per heavy atom. The van der Waals surface area contributed by atoms with Gasteiger partial charge in [0.25, 0.3) is 0 Å². The van der Waals surface area contributed by atoms with E-state index in [0.717, 1.165) is 11.1 Å². The highest BCUT2D eigenvalue weighted by Gasteiger charge is 2.28. The lowest BCUT2D eigenvalue weighted by Gasteiger charge is -2.31. The number of halogens is 2. The maximum atomic E-state index is 13.4. The van der Waals surface area contributed by atoms with E-state index in [2.05, 4.69) is 0 Å². The van der Waals surface area contributed by atoms with Crippen LogP contribution in [0.4, 0.5) is 8.78 Å². The van der Waals surface area contributed by atoms with Crippen molar-refractivity contribution in [1.29, 1.82) is 0 Å². The molecule has 2 atom stereocenters. The van der Waals surface area contributed by atoms with Crippen LogP contribution in [0.1, 0.15) is 35.3 Å². The Kier molecular flexibility index (Phi) is 3.18. The second-order valence-corrected chi connectivity index (χ2v) is 5.13. The van der Waals surface area contributed by atoms with Crippen LogP contribution < -0.4 is 10.5 Å². The SMILES string of the molecule is Cc1ccc(F)cc1C1C[C@@H](N)c2cc(F)ccc2O1. The molecule has 0 fully saturated rings. The smallest absolute Gasteiger partial charge is 0.126 e. The van der Waals surface area contributed by atoms with Crippen LogP contribution >= 0.6 is 0 Å². The molecule has 4 heteroatoms. The van der Waals surface area contributed by atoms with Crippen LogP contribution in [0, 0.1) is 18.6 Å². The molecule has 20 heavy (non-hydrogen) atoms.